The van der Waals surface area contributed by atoms with Crippen LogP contribution in [-0.4, -0.2) is 41.3 Å². The Morgan fingerprint density at radius 3 is 2.60 bits per heavy atom. The molecule has 0 aliphatic carbocycles. The zero-order valence-corrected chi connectivity index (χ0v) is 18.4. The van der Waals surface area contributed by atoms with Gasteiger partial charge in [-0.3, -0.25) is 9.59 Å². The number of piperidine rings is 1. The molecule has 5 nitrogen and oxygen atoms in total. The van der Waals surface area contributed by atoms with Crippen molar-refractivity contribution in [3.8, 4) is 0 Å². The van der Waals surface area contributed by atoms with E-state index in [1.807, 2.05) is 34.5 Å². The predicted molar refractivity (Wildman–Crippen MR) is 121 cm³/mol. The largest absolute Gasteiger partial charge is 0.355 e. The van der Waals surface area contributed by atoms with Gasteiger partial charge in [0.2, 0.25) is 5.91 Å². The molecule has 156 valence electrons. The third kappa shape index (κ3) is 5.34. The van der Waals surface area contributed by atoms with Gasteiger partial charge in [-0.2, -0.15) is 0 Å². The normalized spacial score (nSPS) is 14.6. The van der Waals surface area contributed by atoms with Crippen LogP contribution in [0.15, 0.2) is 53.2 Å². The van der Waals surface area contributed by atoms with Gasteiger partial charge >= 0.3 is 0 Å². The second kappa shape index (κ2) is 10.00. The molecule has 1 saturated heterocycles. The van der Waals surface area contributed by atoms with E-state index >= 15 is 0 Å². The number of hydrogen-bond acceptors (Lipinski definition) is 5. The van der Waals surface area contributed by atoms with Crippen molar-refractivity contribution < 1.29 is 9.59 Å². The number of likely N-dealkylation sites (tertiary alicyclic amines) is 1. The highest BCUT2D eigenvalue weighted by atomic mass is 32.1. The maximum Gasteiger partial charge on any atom is 0.273 e. The first-order valence-electron chi connectivity index (χ1n) is 10.3. The van der Waals surface area contributed by atoms with Gasteiger partial charge in [0.15, 0.2) is 0 Å². The van der Waals surface area contributed by atoms with Crippen LogP contribution in [0.1, 0.15) is 38.8 Å². The number of nitrogens with one attached hydrogen (secondary N) is 1. The topological polar surface area (TPSA) is 62.3 Å². The van der Waals surface area contributed by atoms with Gasteiger partial charge in [-0.25, -0.2) is 4.98 Å². The van der Waals surface area contributed by atoms with Crippen LogP contribution in [0.4, 0.5) is 0 Å². The molecule has 0 saturated carbocycles. The summed E-state index contributed by atoms with van der Waals surface area (Å²) in [5, 5.41) is 7.90. The molecule has 1 fully saturated rings. The first kappa shape index (κ1) is 20.8. The quantitative estimate of drug-likeness (QED) is 0.605. The number of thiazole rings is 1. The van der Waals surface area contributed by atoms with Gasteiger partial charge in [-0.15, -0.1) is 22.7 Å². The first-order chi connectivity index (χ1) is 14.7. The number of rotatable bonds is 7. The number of nitrogens with zero attached hydrogens (tertiary/aromatic N) is 2. The molecule has 2 amide bonds. The van der Waals surface area contributed by atoms with Crippen LogP contribution in [0.3, 0.4) is 0 Å². The van der Waals surface area contributed by atoms with E-state index in [9.17, 15) is 9.59 Å². The molecular formula is C23H25N3O2S2. The summed E-state index contributed by atoms with van der Waals surface area (Å²) in [5.41, 5.74) is 1.71. The van der Waals surface area contributed by atoms with Crippen LogP contribution in [0.25, 0.3) is 0 Å². The molecule has 1 aliphatic rings. The van der Waals surface area contributed by atoms with Gasteiger partial charge in [0.25, 0.3) is 5.91 Å². The summed E-state index contributed by atoms with van der Waals surface area (Å²) < 4.78 is 0. The lowest BCUT2D eigenvalue weighted by atomic mass is 9.95. The Labute approximate surface area is 184 Å². The number of amides is 2. The van der Waals surface area contributed by atoms with Gasteiger partial charge in [-0.05, 0) is 36.3 Å². The Balaban J connectivity index is 1.23. The van der Waals surface area contributed by atoms with Crippen molar-refractivity contribution in [1.82, 2.24) is 15.2 Å². The molecule has 2 aromatic heterocycles. The van der Waals surface area contributed by atoms with Crippen molar-refractivity contribution in [2.75, 3.05) is 19.6 Å². The Morgan fingerprint density at radius 1 is 1.07 bits per heavy atom. The monoisotopic (exact) mass is 439 g/mol. The van der Waals surface area contributed by atoms with Crippen LogP contribution >= 0.6 is 22.7 Å². The molecule has 3 heterocycles. The standard InChI is InChI=1S/C23H25N3O2S2/c27-22(24-11-8-19-7-4-14-29-19)18-9-12-26(13-10-18)23(28)20-16-30-21(25-20)15-17-5-2-1-3-6-17/h1-7,14,16,18H,8-13,15H2,(H,24,27). The highest BCUT2D eigenvalue weighted by molar-refractivity contribution is 7.10. The average Bonchev–Trinajstić information content (AvgIpc) is 3.46. The summed E-state index contributed by atoms with van der Waals surface area (Å²) in [5.74, 6) is 0.0704. The minimum atomic E-state index is -0.0258. The number of hydrogen-bond donors (Lipinski definition) is 1. The molecule has 0 unspecified atom stereocenters. The Kier molecular flexibility index (Phi) is 6.92. The van der Waals surface area contributed by atoms with Crippen molar-refractivity contribution in [2.45, 2.75) is 25.7 Å². The lowest BCUT2D eigenvalue weighted by Gasteiger charge is -2.30. The minimum absolute atomic E-state index is 0.0125. The molecule has 7 heteroatoms. The number of benzene rings is 1. The van der Waals surface area contributed by atoms with Gasteiger partial charge in [0.05, 0.1) is 5.01 Å². The fraction of sp³-hybridized carbons (Fsp3) is 0.348. The van der Waals surface area contributed by atoms with Gasteiger partial charge < -0.3 is 10.2 Å². The van der Waals surface area contributed by atoms with E-state index in [1.165, 1.54) is 21.8 Å². The molecule has 0 atom stereocenters. The fourth-order valence-corrected chi connectivity index (χ4v) is 5.19. The molecular weight excluding hydrogens is 414 g/mol. The molecule has 1 aliphatic heterocycles. The molecule has 0 radical (unpaired) electrons. The van der Waals surface area contributed by atoms with Crippen LogP contribution < -0.4 is 5.32 Å². The third-order valence-corrected chi connectivity index (χ3v) is 7.16. The molecule has 0 bridgehead atoms. The van der Waals surface area contributed by atoms with Crippen molar-refractivity contribution in [1.29, 1.82) is 0 Å². The van der Waals surface area contributed by atoms with Gasteiger partial charge in [-0.1, -0.05) is 36.4 Å². The lowest BCUT2D eigenvalue weighted by Crippen LogP contribution is -2.43. The average molecular weight is 440 g/mol. The summed E-state index contributed by atoms with van der Waals surface area (Å²) in [6.07, 6.45) is 3.03. The number of aromatic nitrogens is 1. The van der Waals surface area contributed by atoms with Gasteiger partial charge in [0, 0.05) is 42.2 Å². The second-order valence-electron chi connectivity index (χ2n) is 7.48. The van der Waals surface area contributed by atoms with Crippen LogP contribution in [0, 0.1) is 5.92 Å². The van der Waals surface area contributed by atoms with Gasteiger partial charge in [0.1, 0.15) is 5.69 Å². The molecule has 1 aromatic carbocycles. The van der Waals surface area contributed by atoms with E-state index in [0.717, 1.165) is 17.8 Å². The predicted octanol–water partition coefficient (Wildman–Crippen LogP) is 4.01. The molecule has 30 heavy (non-hydrogen) atoms. The summed E-state index contributed by atoms with van der Waals surface area (Å²) >= 11 is 3.24. The maximum atomic E-state index is 12.8. The molecule has 0 spiro atoms. The number of carbonyl (C=O) groups is 2. The number of thiophene rings is 1. The summed E-state index contributed by atoms with van der Waals surface area (Å²) in [6.45, 7) is 1.88. The maximum absolute atomic E-state index is 12.8. The lowest BCUT2D eigenvalue weighted by molar-refractivity contribution is -0.126. The highest BCUT2D eigenvalue weighted by Crippen LogP contribution is 2.21. The van der Waals surface area contributed by atoms with E-state index < -0.39 is 0 Å². The Hall–Kier alpha value is -2.51. The molecule has 1 N–H and O–H groups in total. The fourth-order valence-electron chi connectivity index (χ4n) is 3.68. The van der Waals surface area contributed by atoms with E-state index in [2.05, 4.69) is 33.9 Å². The zero-order valence-electron chi connectivity index (χ0n) is 16.8. The highest BCUT2D eigenvalue weighted by Gasteiger charge is 2.28. The Bertz CT molecular complexity index is 962. The van der Waals surface area contributed by atoms with Crippen molar-refractivity contribution >= 4 is 34.5 Å². The summed E-state index contributed by atoms with van der Waals surface area (Å²) in [4.78, 5) is 32.9. The molecule has 4 rings (SSSR count). The summed E-state index contributed by atoms with van der Waals surface area (Å²) in [7, 11) is 0. The van der Waals surface area contributed by atoms with E-state index in [1.54, 1.807) is 11.3 Å². The van der Waals surface area contributed by atoms with Crippen molar-refractivity contribution in [3.05, 3.63) is 74.4 Å². The smallest absolute Gasteiger partial charge is 0.273 e. The zero-order chi connectivity index (χ0) is 20.8. The summed E-state index contributed by atoms with van der Waals surface area (Å²) in [6, 6.07) is 14.3. The van der Waals surface area contributed by atoms with E-state index in [-0.39, 0.29) is 17.7 Å². The Morgan fingerprint density at radius 2 is 1.87 bits per heavy atom. The van der Waals surface area contributed by atoms with E-state index in [0.29, 0.717) is 38.2 Å². The van der Waals surface area contributed by atoms with Crippen LogP contribution in [-0.2, 0) is 17.6 Å². The van der Waals surface area contributed by atoms with E-state index in [4.69, 9.17) is 0 Å². The van der Waals surface area contributed by atoms with Crippen molar-refractivity contribution in [2.24, 2.45) is 5.92 Å². The van der Waals surface area contributed by atoms with Crippen LogP contribution in [0.5, 0.6) is 0 Å². The number of carbonyl (C=O) groups excluding carboxylic acids is 2. The minimum Gasteiger partial charge on any atom is -0.355 e. The second-order valence-corrected chi connectivity index (χ2v) is 9.45. The SMILES string of the molecule is O=C(NCCc1cccs1)C1CCN(C(=O)c2csc(Cc3ccccc3)n2)CC1. The molecule has 3 aromatic rings. The first-order valence-corrected chi connectivity index (χ1v) is 12.0. The van der Waals surface area contributed by atoms with Crippen LogP contribution in [0.2, 0.25) is 0 Å². The third-order valence-electron chi connectivity index (χ3n) is 5.37. The van der Waals surface area contributed by atoms with Crippen molar-refractivity contribution in [3.63, 3.8) is 0 Å².